The highest BCUT2D eigenvalue weighted by atomic mass is 16.5. The third-order valence-corrected chi connectivity index (χ3v) is 5.25. The molecule has 2 N–H and O–H groups in total. The van der Waals surface area contributed by atoms with Crippen LogP contribution in [0.15, 0.2) is 30.3 Å². The molecule has 1 saturated heterocycles. The highest BCUT2D eigenvalue weighted by molar-refractivity contribution is 5.93. The van der Waals surface area contributed by atoms with Gasteiger partial charge in [-0.3, -0.25) is 9.59 Å². The van der Waals surface area contributed by atoms with Crippen LogP contribution in [0.25, 0.3) is 0 Å². The molecule has 0 spiro atoms. The van der Waals surface area contributed by atoms with Crippen molar-refractivity contribution in [3.05, 3.63) is 47.3 Å². The van der Waals surface area contributed by atoms with Crippen molar-refractivity contribution in [2.75, 3.05) is 26.2 Å². The van der Waals surface area contributed by atoms with Gasteiger partial charge in [0, 0.05) is 6.54 Å². The Hall–Kier alpha value is -2.74. The normalized spacial score (nSPS) is 15.7. The van der Waals surface area contributed by atoms with Gasteiger partial charge in [-0.1, -0.05) is 35.5 Å². The Kier molecular flexibility index (Phi) is 7.35. The average molecular weight is 399 g/mol. The molecule has 1 aromatic carbocycles. The number of hydrogen-bond acceptors (Lipinski definition) is 6. The van der Waals surface area contributed by atoms with Crippen LogP contribution in [-0.2, 0) is 16.0 Å². The van der Waals surface area contributed by atoms with Gasteiger partial charge >= 0.3 is 5.97 Å². The molecule has 156 valence electrons. The summed E-state index contributed by atoms with van der Waals surface area (Å²) in [6.45, 7) is 6.01. The first-order chi connectivity index (χ1) is 14.1. The molecule has 1 atom stereocenters. The smallest absolute Gasteiger partial charge is 0.311 e. The van der Waals surface area contributed by atoms with Crippen molar-refractivity contribution < 1.29 is 14.3 Å². The van der Waals surface area contributed by atoms with Crippen molar-refractivity contribution in [3.63, 3.8) is 0 Å². The number of nitrogens with zero attached hydrogens (tertiary/aromatic N) is 3. The summed E-state index contributed by atoms with van der Waals surface area (Å²) in [5.41, 5.74) is 2.09. The maximum absolute atomic E-state index is 12.7. The molecule has 0 radical (unpaired) electrons. The van der Waals surface area contributed by atoms with Crippen LogP contribution in [0.4, 0.5) is 0 Å². The van der Waals surface area contributed by atoms with E-state index in [0.29, 0.717) is 18.7 Å². The molecule has 2 heterocycles. The summed E-state index contributed by atoms with van der Waals surface area (Å²) in [6.07, 6.45) is 2.43. The number of hydrogen-bond donors (Lipinski definition) is 2. The molecule has 0 saturated carbocycles. The predicted molar refractivity (Wildman–Crippen MR) is 109 cm³/mol. The monoisotopic (exact) mass is 399 g/mol. The van der Waals surface area contributed by atoms with Crippen molar-refractivity contribution in [2.24, 2.45) is 5.92 Å². The van der Waals surface area contributed by atoms with Gasteiger partial charge in [0.15, 0.2) is 5.69 Å². The number of amides is 1. The first-order valence-corrected chi connectivity index (χ1v) is 10.2. The minimum Gasteiger partial charge on any atom is -0.466 e. The molecule has 2 aromatic rings. The van der Waals surface area contributed by atoms with E-state index in [1.54, 1.807) is 6.92 Å². The highest BCUT2D eigenvalue weighted by Gasteiger charge is 2.25. The lowest BCUT2D eigenvalue weighted by molar-refractivity contribution is -0.147. The number of piperidine rings is 1. The average Bonchev–Trinajstić information content (AvgIpc) is 3.13. The van der Waals surface area contributed by atoms with Gasteiger partial charge in [0.05, 0.1) is 24.3 Å². The second kappa shape index (κ2) is 10.2. The lowest BCUT2D eigenvalue weighted by Gasteiger charge is -2.23. The lowest BCUT2D eigenvalue weighted by atomic mass is 9.99. The number of carbonyl (C=O) groups is 2. The Morgan fingerprint density at radius 1 is 1.28 bits per heavy atom. The van der Waals surface area contributed by atoms with Gasteiger partial charge in [-0.05, 0) is 51.8 Å². The van der Waals surface area contributed by atoms with Crippen molar-refractivity contribution in [1.82, 2.24) is 25.6 Å². The fourth-order valence-electron chi connectivity index (χ4n) is 3.65. The molecule has 3 rings (SSSR count). The summed E-state index contributed by atoms with van der Waals surface area (Å²) in [7, 11) is 0. The first kappa shape index (κ1) is 21.0. The van der Waals surface area contributed by atoms with Crippen LogP contribution < -0.4 is 10.6 Å². The fraction of sp³-hybridized carbons (Fsp3) is 0.524. The lowest BCUT2D eigenvalue weighted by Crippen LogP contribution is -2.35. The zero-order valence-electron chi connectivity index (χ0n) is 17.1. The Balaban J connectivity index is 1.65. The van der Waals surface area contributed by atoms with Crippen LogP contribution in [0, 0.1) is 12.8 Å². The topological polar surface area (TPSA) is 98.1 Å². The van der Waals surface area contributed by atoms with Gasteiger partial charge in [0.1, 0.15) is 0 Å². The van der Waals surface area contributed by atoms with Crippen molar-refractivity contribution in [1.29, 1.82) is 0 Å². The van der Waals surface area contributed by atoms with Gasteiger partial charge in [-0.2, -0.15) is 0 Å². The van der Waals surface area contributed by atoms with E-state index in [9.17, 15) is 9.59 Å². The minimum atomic E-state index is -0.457. The molecule has 0 aliphatic carbocycles. The molecule has 1 aromatic heterocycles. The van der Waals surface area contributed by atoms with E-state index in [0.717, 1.165) is 37.2 Å². The zero-order valence-corrected chi connectivity index (χ0v) is 17.1. The highest BCUT2D eigenvalue weighted by Crippen LogP contribution is 2.20. The van der Waals surface area contributed by atoms with E-state index in [1.165, 1.54) is 0 Å². The number of aromatic nitrogens is 3. The van der Waals surface area contributed by atoms with E-state index in [2.05, 4.69) is 20.9 Å². The standard InChI is InChI=1S/C21H29N5O3/c1-3-29-21(28)17(13-16-7-5-4-6-8-16)14-23-20(27)19-15(2)26(25-24-19)18-9-11-22-12-10-18/h4-8,17-18,22H,3,9-14H2,1-2H3,(H,23,27). The molecule has 1 amide bonds. The Labute approximate surface area is 171 Å². The minimum absolute atomic E-state index is 0.187. The van der Waals surface area contributed by atoms with Crippen molar-refractivity contribution in [2.45, 2.75) is 39.2 Å². The largest absolute Gasteiger partial charge is 0.466 e. The molecule has 29 heavy (non-hydrogen) atoms. The molecule has 8 heteroatoms. The third-order valence-electron chi connectivity index (χ3n) is 5.25. The Bertz CT molecular complexity index is 815. The summed E-state index contributed by atoms with van der Waals surface area (Å²) in [6, 6.07) is 9.97. The van der Waals surface area contributed by atoms with Crippen molar-refractivity contribution >= 4 is 11.9 Å². The van der Waals surface area contributed by atoms with Crippen LogP contribution in [0.5, 0.6) is 0 Å². The van der Waals surface area contributed by atoms with Gasteiger partial charge in [-0.15, -0.1) is 5.10 Å². The quantitative estimate of drug-likeness (QED) is 0.655. The molecule has 0 bridgehead atoms. The molecule has 1 aliphatic rings. The van der Waals surface area contributed by atoms with Gasteiger partial charge in [-0.25, -0.2) is 4.68 Å². The zero-order chi connectivity index (χ0) is 20.6. The van der Waals surface area contributed by atoms with E-state index < -0.39 is 5.92 Å². The van der Waals surface area contributed by atoms with Crippen molar-refractivity contribution in [3.8, 4) is 0 Å². The number of esters is 1. The molecule has 1 fully saturated rings. The summed E-state index contributed by atoms with van der Waals surface area (Å²) in [5, 5.41) is 14.5. The van der Waals surface area contributed by atoms with Gasteiger partial charge in [0.2, 0.25) is 0 Å². The first-order valence-electron chi connectivity index (χ1n) is 10.2. The second-order valence-electron chi connectivity index (χ2n) is 7.30. The van der Waals surface area contributed by atoms with Gasteiger partial charge < -0.3 is 15.4 Å². The fourth-order valence-corrected chi connectivity index (χ4v) is 3.65. The van der Waals surface area contributed by atoms with E-state index in [1.807, 2.05) is 41.9 Å². The number of rotatable bonds is 8. The molecule has 1 unspecified atom stereocenters. The summed E-state index contributed by atoms with van der Waals surface area (Å²) < 4.78 is 7.04. The Morgan fingerprint density at radius 3 is 2.69 bits per heavy atom. The number of carbonyl (C=O) groups excluding carboxylic acids is 2. The molecule has 8 nitrogen and oxygen atoms in total. The molecular weight excluding hydrogens is 370 g/mol. The summed E-state index contributed by atoms with van der Waals surface area (Å²) in [5.74, 6) is -1.09. The number of benzene rings is 1. The Morgan fingerprint density at radius 2 is 2.00 bits per heavy atom. The summed E-state index contributed by atoms with van der Waals surface area (Å²) >= 11 is 0. The van der Waals surface area contributed by atoms with Crippen LogP contribution in [0.3, 0.4) is 0 Å². The van der Waals surface area contributed by atoms with Crippen LogP contribution >= 0.6 is 0 Å². The third kappa shape index (κ3) is 5.41. The second-order valence-corrected chi connectivity index (χ2v) is 7.30. The van der Waals surface area contributed by atoms with E-state index in [4.69, 9.17) is 4.74 Å². The predicted octanol–water partition coefficient (Wildman–Crippen LogP) is 1.66. The van der Waals surface area contributed by atoms with E-state index >= 15 is 0 Å². The molecular formula is C21H29N5O3. The van der Waals surface area contributed by atoms with Crippen LogP contribution in [0.2, 0.25) is 0 Å². The maximum Gasteiger partial charge on any atom is 0.311 e. The van der Waals surface area contributed by atoms with E-state index in [-0.39, 0.29) is 24.5 Å². The SMILES string of the molecule is CCOC(=O)C(CNC(=O)c1nnn(C2CCNCC2)c1C)Cc1ccccc1. The van der Waals surface area contributed by atoms with Crippen LogP contribution in [0.1, 0.15) is 47.6 Å². The maximum atomic E-state index is 12.7. The number of ether oxygens (including phenoxy) is 1. The van der Waals surface area contributed by atoms with Crippen LogP contribution in [-0.4, -0.2) is 53.1 Å². The van der Waals surface area contributed by atoms with Gasteiger partial charge in [0.25, 0.3) is 5.91 Å². The summed E-state index contributed by atoms with van der Waals surface area (Å²) in [4.78, 5) is 25.1. The number of nitrogens with one attached hydrogen (secondary N) is 2. The molecule has 1 aliphatic heterocycles.